The summed E-state index contributed by atoms with van der Waals surface area (Å²) < 4.78 is 12.8. The number of fused-ring (bicyclic) bond motifs is 5. The molecule has 1 aromatic heterocycles. The van der Waals surface area contributed by atoms with E-state index < -0.39 is 23.3 Å². The fraction of sp³-hybridized carbons (Fsp3) is 0.462. The summed E-state index contributed by atoms with van der Waals surface area (Å²) in [5.74, 6) is 0.577. The second-order valence-corrected chi connectivity index (χ2v) is 10.3. The van der Waals surface area contributed by atoms with Crippen molar-refractivity contribution in [2.24, 2.45) is 11.3 Å². The Bertz CT molecular complexity index is 1310. The zero-order valence-corrected chi connectivity index (χ0v) is 20.3. The van der Waals surface area contributed by atoms with Crippen molar-refractivity contribution in [2.75, 3.05) is 40.5 Å². The number of pyridine rings is 1. The number of likely N-dealkylation sites (tertiary alicyclic amines) is 1. The van der Waals surface area contributed by atoms with Gasteiger partial charge < -0.3 is 18.9 Å². The molecule has 188 valence electrons. The monoisotopic (exact) mass is 492 g/mol. The van der Waals surface area contributed by atoms with E-state index in [-0.39, 0.29) is 37.2 Å². The van der Waals surface area contributed by atoms with E-state index in [2.05, 4.69) is 4.90 Å². The number of carbonyl (C=O) groups is 3. The molecule has 2 bridgehead atoms. The lowest BCUT2D eigenvalue weighted by molar-refractivity contribution is -0.159. The standard InChI is InChI=1S/C26H28N4O6/c1-27-23(32)26(24(33)28(2)25(27)34,10-16-6-7-20-21(9-16)36-15-35-20)14-29-11-17-8-18(13-29)19-4-3-5-22(31)30(19)12-17/h3-7,9,17-18H,8,10-15H2,1-2H3/t17-,18+/m0/s1. The van der Waals surface area contributed by atoms with Crippen molar-refractivity contribution in [3.63, 3.8) is 0 Å². The number of carbonyl (C=O) groups excluding carboxylic acids is 3. The van der Waals surface area contributed by atoms with Gasteiger partial charge in [-0.15, -0.1) is 0 Å². The molecular weight excluding hydrogens is 464 g/mol. The average molecular weight is 493 g/mol. The molecule has 4 aliphatic rings. The highest BCUT2D eigenvalue weighted by Crippen LogP contribution is 2.40. The molecule has 0 aliphatic carbocycles. The predicted octanol–water partition coefficient (Wildman–Crippen LogP) is 1.28. The Morgan fingerprint density at radius 3 is 2.44 bits per heavy atom. The molecule has 6 rings (SSSR count). The van der Waals surface area contributed by atoms with Crippen LogP contribution in [0.15, 0.2) is 41.2 Å². The van der Waals surface area contributed by atoms with Crippen LogP contribution in [0.2, 0.25) is 0 Å². The van der Waals surface area contributed by atoms with E-state index >= 15 is 0 Å². The van der Waals surface area contributed by atoms with Gasteiger partial charge >= 0.3 is 6.03 Å². The van der Waals surface area contributed by atoms with Crippen molar-refractivity contribution in [1.29, 1.82) is 0 Å². The highest BCUT2D eigenvalue weighted by molar-refractivity contribution is 6.19. The quantitative estimate of drug-likeness (QED) is 0.593. The van der Waals surface area contributed by atoms with Crippen LogP contribution in [0.1, 0.15) is 23.6 Å². The molecule has 2 atom stereocenters. The van der Waals surface area contributed by atoms with Crippen LogP contribution in [0.5, 0.6) is 11.5 Å². The number of hydrogen-bond acceptors (Lipinski definition) is 7. The van der Waals surface area contributed by atoms with Crippen LogP contribution in [0.3, 0.4) is 0 Å². The minimum absolute atomic E-state index is 0.00864. The van der Waals surface area contributed by atoms with E-state index in [9.17, 15) is 19.2 Å². The van der Waals surface area contributed by atoms with Gasteiger partial charge in [0.15, 0.2) is 11.5 Å². The topological polar surface area (TPSA) is 101 Å². The molecule has 4 aliphatic heterocycles. The summed E-state index contributed by atoms with van der Waals surface area (Å²) in [6.07, 6.45) is 1.10. The lowest BCUT2D eigenvalue weighted by atomic mass is 9.75. The first kappa shape index (κ1) is 22.8. The Morgan fingerprint density at radius 1 is 0.917 bits per heavy atom. The predicted molar refractivity (Wildman–Crippen MR) is 128 cm³/mol. The summed E-state index contributed by atoms with van der Waals surface area (Å²) in [6.45, 7) is 2.23. The molecule has 2 fully saturated rings. The summed E-state index contributed by atoms with van der Waals surface area (Å²) in [5.41, 5.74) is 0.298. The summed E-state index contributed by atoms with van der Waals surface area (Å²) in [5, 5.41) is 0. The molecule has 0 radical (unpaired) electrons. The Labute approximate surface area is 208 Å². The number of barbiturate groups is 1. The second-order valence-electron chi connectivity index (χ2n) is 10.3. The number of urea groups is 1. The van der Waals surface area contributed by atoms with Crippen LogP contribution in [0.4, 0.5) is 4.79 Å². The molecule has 1 aromatic carbocycles. The number of rotatable bonds is 4. The fourth-order valence-corrected chi connectivity index (χ4v) is 6.38. The van der Waals surface area contributed by atoms with Gasteiger partial charge in [-0.25, -0.2) is 4.79 Å². The van der Waals surface area contributed by atoms with Crippen molar-refractivity contribution in [3.8, 4) is 11.5 Å². The first-order chi connectivity index (χ1) is 17.3. The number of benzene rings is 1. The van der Waals surface area contributed by atoms with Crippen LogP contribution in [-0.2, 0) is 22.6 Å². The first-order valence-electron chi connectivity index (χ1n) is 12.2. The van der Waals surface area contributed by atoms with Gasteiger partial charge in [0.1, 0.15) is 5.41 Å². The third-order valence-electron chi connectivity index (χ3n) is 7.99. The van der Waals surface area contributed by atoms with Gasteiger partial charge in [0.05, 0.1) is 0 Å². The van der Waals surface area contributed by atoms with Crippen molar-refractivity contribution in [1.82, 2.24) is 19.3 Å². The van der Waals surface area contributed by atoms with E-state index in [1.807, 2.05) is 16.7 Å². The first-order valence-corrected chi connectivity index (χ1v) is 12.2. The maximum Gasteiger partial charge on any atom is 0.332 e. The highest BCUT2D eigenvalue weighted by atomic mass is 16.7. The molecule has 10 nitrogen and oxygen atoms in total. The Morgan fingerprint density at radius 2 is 1.67 bits per heavy atom. The van der Waals surface area contributed by atoms with Crippen molar-refractivity contribution in [2.45, 2.75) is 25.3 Å². The molecule has 5 heterocycles. The average Bonchev–Trinajstić information content (AvgIpc) is 3.34. The molecule has 10 heteroatoms. The van der Waals surface area contributed by atoms with E-state index in [0.717, 1.165) is 27.5 Å². The van der Waals surface area contributed by atoms with Gasteiger partial charge in [0, 0.05) is 58.0 Å². The zero-order valence-electron chi connectivity index (χ0n) is 20.3. The lowest BCUT2D eigenvalue weighted by Crippen LogP contribution is -2.67. The Hall–Kier alpha value is -3.66. The number of aromatic nitrogens is 1. The van der Waals surface area contributed by atoms with Gasteiger partial charge in [-0.3, -0.25) is 24.2 Å². The molecule has 0 N–H and O–H groups in total. The Balaban J connectivity index is 1.35. The molecule has 2 saturated heterocycles. The molecule has 0 spiro atoms. The maximum atomic E-state index is 13.7. The molecule has 36 heavy (non-hydrogen) atoms. The van der Waals surface area contributed by atoms with Gasteiger partial charge in [-0.05, 0) is 42.5 Å². The van der Waals surface area contributed by atoms with E-state index in [4.69, 9.17) is 9.47 Å². The smallest absolute Gasteiger partial charge is 0.332 e. The second kappa shape index (κ2) is 8.19. The van der Waals surface area contributed by atoms with E-state index in [1.165, 1.54) is 14.1 Å². The largest absolute Gasteiger partial charge is 0.454 e. The molecule has 0 unspecified atom stereocenters. The van der Waals surface area contributed by atoms with Gasteiger partial charge in [-0.2, -0.15) is 0 Å². The molecule has 4 amide bonds. The minimum atomic E-state index is -1.47. The molecule has 2 aromatic rings. The molecular formula is C26H28N4O6. The normalized spacial score (nSPS) is 24.8. The SMILES string of the molecule is CN1C(=O)N(C)C(=O)C(Cc2ccc3c(c2)OCO3)(CN2C[C@@H]3C[C@H](C2)c2cccc(=O)n2C3)C1=O. The van der Waals surface area contributed by atoms with Crippen molar-refractivity contribution in [3.05, 3.63) is 58.0 Å². The summed E-state index contributed by atoms with van der Waals surface area (Å²) in [6, 6.07) is 10.2. The molecule has 0 saturated carbocycles. The van der Waals surface area contributed by atoms with Gasteiger partial charge in [0.2, 0.25) is 18.6 Å². The Kier molecular flexibility index (Phi) is 5.18. The van der Waals surface area contributed by atoms with Crippen molar-refractivity contribution >= 4 is 17.8 Å². The number of amides is 4. The van der Waals surface area contributed by atoms with Gasteiger partial charge in [-0.1, -0.05) is 12.1 Å². The van der Waals surface area contributed by atoms with E-state index in [0.29, 0.717) is 31.1 Å². The summed E-state index contributed by atoms with van der Waals surface area (Å²) in [7, 11) is 2.85. The van der Waals surface area contributed by atoms with Crippen LogP contribution in [0, 0.1) is 11.3 Å². The zero-order chi connectivity index (χ0) is 25.2. The maximum absolute atomic E-state index is 13.7. The van der Waals surface area contributed by atoms with Crippen LogP contribution in [0.25, 0.3) is 0 Å². The van der Waals surface area contributed by atoms with Crippen molar-refractivity contribution < 1.29 is 23.9 Å². The number of nitrogens with zero attached hydrogens (tertiary/aromatic N) is 4. The number of ether oxygens (including phenoxy) is 2. The third-order valence-corrected chi connectivity index (χ3v) is 7.99. The van der Waals surface area contributed by atoms with Crippen LogP contribution in [-0.4, -0.2) is 77.6 Å². The number of hydrogen-bond donors (Lipinski definition) is 0. The number of imide groups is 2. The lowest BCUT2D eigenvalue weighted by Gasteiger charge is -2.48. The summed E-state index contributed by atoms with van der Waals surface area (Å²) in [4.78, 5) is 56.8. The fourth-order valence-electron chi connectivity index (χ4n) is 6.38. The van der Waals surface area contributed by atoms with Crippen LogP contribution >= 0.6 is 0 Å². The van der Waals surface area contributed by atoms with Crippen LogP contribution < -0.4 is 15.0 Å². The summed E-state index contributed by atoms with van der Waals surface area (Å²) >= 11 is 0. The third kappa shape index (κ3) is 3.42. The highest BCUT2D eigenvalue weighted by Gasteiger charge is 2.56. The van der Waals surface area contributed by atoms with Gasteiger partial charge in [0.25, 0.3) is 5.56 Å². The van der Waals surface area contributed by atoms with E-state index in [1.54, 1.807) is 24.3 Å². The number of piperidine rings is 1. The minimum Gasteiger partial charge on any atom is -0.454 e.